The van der Waals surface area contributed by atoms with Crippen molar-refractivity contribution in [3.63, 3.8) is 0 Å². The number of nitro benzene ring substituents is 1. The number of carbonyl (C=O) groups is 1. The smallest absolute Gasteiger partial charge is 0.270 e. The molecule has 0 bridgehead atoms. The first-order valence-corrected chi connectivity index (χ1v) is 7.67. The van der Waals surface area contributed by atoms with E-state index in [1.165, 1.54) is 12.1 Å². The summed E-state index contributed by atoms with van der Waals surface area (Å²) in [4.78, 5) is 28.3. The molecule has 1 amide bonds. The van der Waals surface area contributed by atoms with Crippen molar-refractivity contribution in [3.05, 3.63) is 63.7 Å². The molecule has 6 nitrogen and oxygen atoms in total. The van der Waals surface area contributed by atoms with Gasteiger partial charge in [0.25, 0.3) is 5.69 Å². The lowest BCUT2D eigenvalue weighted by Gasteiger charge is -2.20. The second-order valence-corrected chi connectivity index (χ2v) is 5.87. The van der Waals surface area contributed by atoms with E-state index < -0.39 is 4.92 Å². The van der Waals surface area contributed by atoms with Crippen molar-refractivity contribution in [3.8, 4) is 0 Å². The molecule has 0 aliphatic carbocycles. The zero-order valence-corrected chi connectivity index (χ0v) is 13.5. The summed E-state index contributed by atoms with van der Waals surface area (Å²) in [6.07, 6.45) is 2.41. The van der Waals surface area contributed by atoms with Crippen LogP contribution in [-0.2, 0) is 11.2 Å². The Morgan fingerprint density at radius 2 is 2.12 bits per heavy atom. The second-order valence-electron chi connectivity index (χ2n) is 5.87. The molecule has 2 aromatic carbocycles. The van der Waals surface area contributed by atoms with Crippen molar-refractivity contribution in [1.82, 2.24) is 0 Å². The molecule has 0 aromatic heterocycles. The van der Waals surface area contributed by atoms with Crippen LogP contribution in [-0.4, -0.2) is 23.1 Å². The van der Waals surface area contributed by atoms with Crippen molar-refractivity contribution in [2.24, 2.45) is 4.99 Å². The summed E-state index contributed by atoms with van der Waals surface area (Å²) in [7, 11) is 0. The van der Waals surface area contributed by atoms with Crippen LogP contribution in [0.1, 0.15) is 25.0 Å². The highest BCUT2D eigenvalue weighted by atomic mass is 16.6. The summed E-state index contributed by atoms with van der Waals surface area (Å²) in [5, 5.41) is 10.8. The van der Waals surface area contributed by atoms with Crippen molar-refractivity contribution in [2.75, 3.05) is 4.90 Å². The molecular formula is C18H17N3O3. The van der Waals surface area contributed by atoms with E-state index in [0.29, 0.717) is 5.56 Å². The second kappa shape index (κ2) is 6.23. The van der Waals surface area contributed by atoms with E-state index in [4.69, 9.17) is 0 Å². The Balaban J connectivity index is 1.85. The van der Waals surface area contributed by atoms with Crippen LogP contribution in [0.5, 0.6) is 0 Å². The van der Waals surface area contributed by atoms with Crippen LogP contribution < -0.4 is 4.90 Å². The first-order chi connectivity index (χ1) is 11.5. The Morgan fingerprint density at radius 1 is 1.33 bits per heavy atom. The Morgan fingerprint density at radius 3 is 2.83 bits per heavy atom. The highest BCUT2D eigenvalue weighted by molar-refractivity contribution is 5.95. The zero-order chi connectivity index (χ0) is 17.3. The Hall–Kier alpha value is -3.02. The van der Waals surface area contributed by atoms with Gasteiger partial charge in [-0.15, -0.1) is 0 Å². The van der Waals surface area contributed by atoms with E-state index >= 15 is 0 Å². The molecule has 122 valence electrons. The fourth-order valence-electron chi connectivity index (χ4n) is 3.05. The quantitative estimate of drug-likeness (QED) is 0.491. The number of anilines is 1. The third-order valence-corrected chi connectivity index (χ3v) is 4.06. The lowest BCUT2D eigenvalue weighted by Crippen LogP contribution is -2.33. The van der Waals surface area contributed by atoms with Gasteiger partial charge in [-0.1, -0.05) is 12.1 Å². The van der Waals surface area contributed by atoms with Crippen LogP contribution in [0.3, 0.4) is 0 Å². The minimum atomic E-state index is -0.426. The first kappa shape index (κ1) is 15.9. The normalized spacial score (nSPS) is 16.4. The lowest BCUT2D eigenvalue weighted by molar-refractivity contribution is -0.384. The van der Waals surface area contributed by atoms with Crippen LogP contribution in [0, 0.1) is 10.1 Å². The maximum absolute atomic E-state index is 11.7. The Bertz CT molecular complexity index is 845. The largest absolute Gasteiger partial charge is 0.309 e. The molecule has 1 atom stereocenters. The SMILES string of the molecule is CC(=O)N1c2ccc(N=Cc3cccc([N+](=O)[O-])c3)cc2CC1C. The average molecular weight is 323 g/mol. The molecule has 6 heteroatoms. The maximum Gasteiger partial charge on any atom is 0.270 e. The molecule has 1 aliphatic heterocycles. The van der Waals surface area contributed by atoms with Gasteiger partial charge in [0.05, 0.1) is 10.6 Å². The lowest BCUT2D eigenvalue weighted by atomic mass is 10.1. The minimum Gasteiger partial charge on any atom is -0.309 e. The third-order valence-electron chi connectivity index (χ3n) is 4.06. The summed E-state index contributed by atoms with van der Waals surface area (Å²) < 4.78 is 0. The van der Waals surface area contributed by atoms with Gasteiger partial charge in [-0.05, 0) is 42.7 Å². The van der Waals surface area contributed by atoms with Crippen LogP contribution in [0.15, 0.2) is 47.5 Å². The number of nitrogens with zero attached hydrogens (tertiary/aromatic N) is 3. The number of benzene rings is 2. The predicted molar refractivity (Wildman–Crippen MR) is 93.1 cm³/mol. The molecule has 1 aliphatic rings. The van der Waals surface area contributed by atoms with Gasteiger partial charge in [0.1, 0.15) is 0 Å². The molecule has 0 saturated heterocycles. The van der Waals surface area contributed by atoms with Gasteiger partial charge in [-0.25, -0.2) is 0 Å². The molecular weight excluding hydrogens is 306 g/mol. The maximum atomic E-state index is 11.7. The molecule has 0 radical (unpaired) electrons. The number of hydrogen-bond acceptors (Lipinski definition) is 4. The number of fused-ring (bicyclic) bond motifs is 1. The first-order valence-electron chi connectivity index (χ1n) is 7.67. The topological polar surface area (TPSA) is 75.8 Å². The van der Waals surface area contributed by atoms with Crippen molar-refractivity contribution >= 4 is 29.2 Å². The van der Waals surface area contributed by atoms with Crippen molar-refractivity contribution < 1.29 is 9.72 Å². The van der Waals surface area contributed by atoms with Gasteiger partial charge in [0, 0.05) is 37.0 Å². The number of nitro groups is 1. The van der Waals surface area contributed by atoms with Gasteiger partial charge in [-0.3, -0.25) is 19.9 Å². The summed E-state index contributed by atoms with van der Waals surface area (Å²) in [5.41, 5.74) is 3.50. The molecule has 24 heavy (non-hydrogen) atoms. The van der Waals surface area contributed by atoms with Crippen molar-refractivity contribution in [1.29, 1.82) is 0 Å². The molecule has 0 spiro atoms. The summed E-state index contributed by atoms with van der Waals surface area (Å²) in [5.74, 6) is 0.0362. The van der Waals surface area contributed by atoms with Gasteiger partial charge < -0.3 is 4.90 Å². The number of amides is 1. The van der Waals surface area contributed by atoms with Crippen LogP contribution in [0.4, 0.5) is 17.1 Å². The fourth-order valence-corrected chi connectivity index (χ4v) is 3.05. The number of non-ortho nitro benzene ring substituents is 1. The van der Waals surface area contributed by atoms with E-state index in [0.717, 1.165) is 23.4 Å². The van der Waals surface area contributed by atoms with Gasteiger partial charge in [0.2, 0.25) is 5.91 Å². The van der Waals surface area contributed by atoms with Gasteiger partial charge in [0.15, 0.2) is 0 Å². The van der Waals surface area contributed by atoms with E-state index in [1.54, 1.807) is 30.2 Å². The average Bonchev–Trinajstić information content (AvgIpc) is 2.88. The molecule has 1 heterocycles. The van der Waals surface area contributed by atoms with Crippen LogP contribution in [0.2, 0.25) is 0 Å². The van der Waals surface area contributed by atoms with E-state index in [2.05, 4.69) is 4.99 Å². The summed E-state index contributed by atoms with van der Waals surface area (Å²) in [6.45, 7) is 3.59. The molecule has 0 N–H and O–H groups in total. The van der Waals surface area contributed by atoms with E-state index in [1.807, 2.05) is 25.1 Å². The van der Waals surface area contributed by atoms with E-state index in [9.17, 15) is 14.9 Å². The molecule has 2 aromatic rings. The zero-order valence-electron chi connectivity index (χ0n) is 13.5. The number of rotatable bonds is 3. The molecule has 0 saturated carbocycles. The highest BCUT2D eigenvalue weighted by Gasteiger charge is 2.28. The standard InChI is InChI=1S/C18H17N3O3/c1-12-8-15-10-16(6-7-18(15)20(12)13(2)22)19-11-14-4-3-5-17(9-14)21(23)24/h3-7,9-12H,8H2,1-2H3. The Labute approximate surface area is 139 Å². The van der Waals surface area contributed by atoms with Gasteiger partial charge >= 0.3 is 0 Å². The van der Waals surface area contributed by atoms with E-state index in [-0.39, 0.29) is 17.6 Å². The van der Waals surface area contributed by atoms with Crippen LogP contribution >= 0.6 is 0 Å². The molecule has 1 unspecified atom stereocenters. The third kappa shape index (κ3) is 3.03. The monoisotopic (exact) mass is 323 g/mol. The number of hydrogen-bond donors (Lipinski definition) is 0. The highest BCUT2D eigenvalue weighted by Crippen LogP contribution is 2.34. The fraction of sp³-hybridized carbons (Fsp3) is 0.222. The molecule has 3 rings (SSSR count). The predicted octanol–water partition coefficient (Wildman–Crippen LogP) is 3.64. The molecule has 0 fully saturated rings. The summed E-state index contributed by atoms with van der Waals surface area (Å²) in [6, 6.07) is 12.2. The number of aliphatic imine (C=N–C) groups is 1. The van der Waals surface area contributed by atoms with Crippen LogP contribution in [0.25, 0.3) is 0 Å². The van der Waals surface area contributed by atoms with Gasteiger partial charge in [-0.2, -0.15) is 0 Å². The Kier molecular flexibility index (Phi) is 4.12. The summed E-state index contributed by atoms with van der Waals surface area (Å²) >= 11 is 0. The minimum absolute atomic E-state index is 0.0362. The number of carbonyl (C=O) groups excluding carboxylic acids is 1. The van der Waals surface area contributed by atoms with Crippen molar-refractivity contribution in [2.45, 2.75) is 26.3 Å².